The first-order valence-corrected chi connectivity index (χ1v) is 19.2. The van der Waals surface area contributed by atoms with E-state index in [9.17, 15) is 0 Å². The van der Waals surface area contributed by atoms with E-state index in [1.807, 2.05) is 11.3 Å². The SMILES string of the molecule is c1cc(-c2cccc(-n3c4ccccc4c4cc(-n5c6ccccc6n6c7ccccc7cc56)ccc43)c2)cc(-c2cccc3c2sc2ccccc23)c1. The fourth-order valence-electron chi connectivity index (χ4n) is 8.84. The van der Waals surface area contributed by atoms with Crippen LogP contribution in [0.25, 0.3) is 103 Å². The van der Waals surface area contributed by atoms with Crippen LogP contribution in [-0.4, -0.2) is 13.5 Å². The smallest absolute Gasteiger partial charge is 0.123 e. The minimum Gasteiger partial charge on any atom is -0.309 e. The van der Waals surface area contributed by atoms with Crippen LogP contribution >= 0.6 is 11.3 Å². The summed E-state index contributed by atoms with van der Waals surface area (Å²) >= 11 is 1.88. The minimum absolute atomic E-state index is 1.15. The van der Waals surface area contributed by atoms with E-state index in [0.717, 1.165) is 11.4 Å². The molecule has 252 valence electrons. The Bertz CT molecular complexity index is 3460. The van der Waals surface area contributed by atoms with E-state index < -0.39 is 0 Å². The van der Waals surface area contributed by atoms with Gasteiger partial charge in [-0.25, -0.2) is 0 Å². The zero-order valence-electron chi connectivity index (χ0n) is 29.1. The molecular weight excluding hydrogens is 675 g/mol. The van der Waals surface area contributed by atoms with Crippen molar-refractivity contribution in [3.8, 4) is 33.6 Å². The fourth-order valence-corrected chi connectivity index (χ4v) is 10.1. The third-order valence-corrected chi connectivity index (χ3v) is 12.4. The van der Waals surface area contributed by atoms with Crippen molar-refractivity contribution in [1.29, 1.82) is 0 Å². The van der Waals surface area contributed by atoms with Gasteiger partial charge < -0.3 is 4.57 Å². The van der Waals surface area contributed by atoms with Gasteiger partial charge in [-0.2, -0.15) is 0 Å². The number of imidazole rings is 1. The molecule has 0 spiro atoms. The monoisotopic (exact) mass is 705 g/mol. The molecule has 0 radical (unpaired) electrons. The predicted octanol–water partition coefficient (Wildman–Crippen LogP) is 13.8. The molecule has 8 aromatic carbocycles. The van der Waals surface area contributed by atoms with Crippen molar-refractivity contribution in [2.24, 2.45) is 0 Å². The van der Waals surface area contributed by atoms with Gasteiger partial charge in [0.25, 0.3) is 0 Å². The highest BCUT2D eigenvalue weighted by atomic mass is 32.1. The van der Waals surface area contributed by atoms with E-state index in [-0.39, 0.29) is 0 Å². The Morgan fingerprint density at radius 3 is 1.91 bits per heavy atom. The summed E-state index contributed by atoms with van der Waals surface area (Å²) in [5, 5.41) is 6.37. The second-order valence-electron chi connectivity index (χ2n) is 14.2. The van der Waals surface area contributed by atoms with Gasteiger partial charge in [-0.05, 0) is 95.1 Å². The average Bonchev–Trinajstić information content (AvgIpc) is 3.98. The summed E-state index contributed by atoms with van der Waals surface area (Å²) in [6.45, 7) is 0. The van der Waals surface area contributed by atoms with Gasteiger partial charge in [0, 0.05) is 47.7 Å². The lowest BCUT2D eigenvalue weighted by molar-refractivity contribution is 1.14. The highest BCUT2D eigenvalue weighted by Crippen LogP contribution is 2.41. The second-order valence-corrected chi connectivity index (χ2v) is 15.2. The molecule has 0 saturated heterocycles. The van der Waals surface area contributed by atoms with E-state index in [1.165, 1.54) is 91.8 Å². The molecule has 0 atom stereocenters. The first-order chi connectivity index (χ1) is 26.8. The van der Waals surface area contributed by atoms with Crippen LogP contribution in [0.3, 0.4) is 0 Å². The standard InChI is InChI=1S/C50H31N3S/c1-4-21-43-35(12-1)30-49-52(46-23-6-7-24-47(46)53(43)49)37-26-27-45-42(31-37)39-17-2-5-22-44(39)51(45)36-16-10-14-33(29-36)32-13-9-15-34(28-32)38-19-11-20-41-40-18-3-8-25-48(40)54-50(38)41/h1-31H. The summed E-state index contributed by atoms with van der Waals surface area (Å²) < 4.78 is 9.90. The van der Waals surface area contributed by atoms with Crippen LogP contribution in [0.4, 0.5) is 0 Å². The van der Waals surface area contributed by atoms with Crippen molar-refractivity contribution in [3.05, 3.63) is 188 Å². The molecule has 0 amide bonds. The molecule has 54 heavy (non-hydrogen) atoms. The quantitative estimate of drug-likeness (QED) is 0.173. The van der Waals surface area contributed by atoms with Gasteiger partial charge in [-0.15, -0.1) is 11.3 Å². The number of rotatable bonds is 4. The number of thiophene rings is 1. The number of hydrogen-bond donors (Lipinski definition) is 0. The number of para-hydroxylation sites is 4. The third-order valence-electron chi connectivity index (χ3n) is 11.2. The zero-order valence-corrected chi connectivity index (χ0v) is 30.0. The number of hydrogen-bond acceptors (Lipinski definition) is 1. The van der Waals surface area contributed by atoms with Crippen molar-refractivity contribution >= 4 is 80.9 Å². The normalized spacial score (nSPS) is 12.1. The minimum atomic E-state index is 1.15. The third kappa shape index (κ3) is 4.23. The molecule has 4 heteroatoms. The number of nitrogens with zero attached hydrogens (tertiary/aromatic N) is 3. The highest BCUT2D eigenvalue weighted by Gasteiger charge is 2.18. The lowest BCUT2D eigenvalue weighted by atomic mass is 9.97. The van der Waals surface area contributed by atoms with E-state index in [1.54, 1.807) is 0 Å². The molecule has 0 aliphatic rings. The lowest BCUT2D eigenvalue weighted by Gasteiger charge is -2.12. The molecule has 12 rings (SSSR count). The Morgan fingerprint density at radius 2 is 1.00 bits per heavy atom. The Labute approximate surface area is 314 Å². The molecule has 3 nitrogen and oxygen atoms in total. The van der Waals surface area contributed by atoms with Crippen LogP contribution in [0.1, 0.15) is 0 Å². The summed E-state index contributed by atoms with van der Waals surface area (Å²) in [7, 11) is 0. The van der Waals surface area contributed by atoms with Gasteiger partial charge in [0.05, 0.1) is 27.6 Å². The summed E-state index contributed by atoms with van der Waals surface area (Å²) in [4.78, 5) is 0. The first kappa shape index (κ1) is 29.7. The van der Waals surface area contributed by atoms with Gasteiger partial charge in [-0.1, -0.05) is 115 Å². The Balaban J connectivity index is 1.01. The van der Waals surface area contributed by atoms with Gasteiger partial charge in [0.15, 0.2) is 0 Å². The highest BCUT2D eigenvalue weighted by molar-refractivity contribution is 7.26. The van der Waals surface area contributed by atoms with Crippen molar-refractivity contribution in [1.82, 2.24) is 13.5 Å². The maximum atomic E-state index is 2.43. The molecule has 4 heterocycles. The molecule has 0 aliphatic carbocycles. The maximum Gasteiger partial charge on any atom is 0.123 e. The van der Waals surface area contributed by atoms with Crippen LogP contribution in [0, 0.1) is 0 Å². The predicted molar refractivity (Wildman–Crippen MR) is 230 cm³/mol. The molecular formula is C50H31N3S. The number of benzene rings is 8. The van der Waals surface area contributed by atoms with Gasteiger partial charge >= 0.3 is 0 Å². The maximum absolute atomic E-state index is 2.43. The average molecular weight is 706 g/mol. The summed E-state index contributed by atoms with van der Waals surface area (Å²) in [6, 6.07) is 68.9. The second kappa shape index (κ2) is 11.3. The van der Waals surface area contributed by atoms with E-state index in [4.69, 9.17) is 0 Å². The summed E-state index contributed by atoms with van der Waals surface area (Å²) in [5.74, 6) is 0. The molecule has 0 bridgehead atoms. The molecule has 0 aliphatic heterocycles. The van der Waals surface area contributed by atoms with Gasteiger partial charge in [0.2, 0.25) is 0 Å². The van der Waals surface area contributed by atoms with E-state index >= 15 is 0 Å². The van der Waals surface area contributed by atoms with Gasteiger partial charge in [-0.3, -0.25) is 8.97 Å². The van der Waals surface area contributed by atoms with Crippen molar-refractivity contribution < 1.29 is 0 Å². The topological polar surface area (TPSA) is 14.3 Å². The van der Waals surface area contributed by atoms with Crippen molar-refractivity contribution in [2.75, 3.05) is 0 Å². The lowest BCUT2D eigenvalue weighted by Crippen LogP contribution is -1.96. The molecule has 0 N–H and O–H groups in total. The van der Waals surface area contributed by atoms with Crippen LogP contribution in [-0.2, 0) is 0 Å². The Kier molecular flexibility index (Phi) is 6.21. The van der Waals surface area contributed by atoms with E-state index in [0.29, 0.717) is 0 Å². The molecule has 4 aromatic heterocycles. The van der Waals surface area contributed by atoms with Crippen LogP contribution in [0.15, 0.2) is 188 Å². The van der Waals surface area contributed by atoms with Crippen molar-refractivity contribution in [2.45, 2.75) is 0 Å². The van der Waals surface area contributed by atoms with Crippen LogP contribution in [0.5, 0.6) is 0 Å². The molecule has 0 fully saturated rings. The van der Waals surface area contributed by atoms with Crippen molar-refractivity contribution in [3.63, 3.8) is 0 Å². The number of fused-ring (bicyclic) bond motifs is 11. The first-order valence-electron chi connectivity index (χ1n) is 18.4. The number of aromatic nitrogens is 3. The summed E-state index contributed by atoms with van der Waals surface area (Å²) in [6.07, 6.45) is 0. The summed E-state index contributed by atoms with van der Waals surface area (Å²) in [5.41, 5.74) is 14.4. The largest absolute Gasteiger partial charge is 0.309 e. The molecule has 12 aromatic rings. The van der Waals surface area contributed by atoms with Crippen LogP contribution in [0.2, 0.25) is 0 Å². The van der Waals surface area contributed by atoms with Gasteiger partial charge in [0.1, 0.15) is 5.65 Å². The molecule has 0 saturated carbocycles. The molecule has 0 unspecified atom stereocenters. The Morgan fingerprint density at radius 1 is 0.352 bits per heavy atom. The van der Waals surface area contributed by atoms with E-state index in [2.05, 4.69) is 202 Å². The zero-order chi connectivity index (χ0) is 35.3. The van der Waals surface area contributed by atoms with Crippen LogP contribution < -0.4 is 0 Å². The fraction of sp³-hybridized carbons (Fsp3) is 0. The Hall–Kier alpha value is -6.88.